The Hall–Kier alpha value is -2.12. The van der Waals surface area contributed by atoms with Crippen molar-refractivity contribution in [3.8, 4) is 11.5 Å². The van der Waals surface area contributed by atoms with Gasteiger partial charge in [-0.1, -0.05) is 5.21 Å². The number of aromatic nitrogens is 3. The Morgan fingerprint density at radius 3 is 2.50 bits per heavy atom. The molecule has 0 fully saturated rings. The zero-order valence-electron chi connectivity index (χ0n) is 12.9. The van der Waals surface area contributed by atoms with Crippen LogP contribution in [-0.2, 0) is 24.5 Å². The molecule has 7 heteroatoms. The Balaban J connectivity index is 1.82. The monoisotopic (exact) mass is 307 g/mol. The summed E-state index contributed by atoms with van der Waals surface area (Å²) < 4.78 is 17.6. The van der Waals surface area contributed by atoms with Crippen LogP contribution in [0.25, 0.3) is 0 Å². The highest BCUT2D eigenvalue weighted by Crippen LogP contribution is 2.17. The molecule has 0 amide bonds. The van der Waals surface area contributed by atoms with Crippen LogP contribution in [0, 0.1) is 0 Å². The third-order valence-electron chi connectivity index (χ3n) is 3.19. The van der Waals surface area contributed by atoms with Crippen molar-refractivity contribution in [2.24, 2.45) is 0 Å². The Morgan fingerprint density at radius 2 is 1.86 bits per heavy atom. The van der Waals surface area contributed by atoms with Gasteiger partial charge in [0.1, 0.15) is 17.2 Å². The number of hydrogen-bond acceptors (Lipinski definition) is 6. The Morgan fingerprint density at radius 1 is 1.14 bits per heavy atom. The number of hydrogen-bond donors (Lipinski definition) is 1. The van der Waals surface area contributed by atoms with Crippen molar-refractivity contribution in [3.05, 3.63) is 35.7 Å². The highest BCUT2D eigenvalue weighted by Gasteiger charge is 2.11. The van der Waals surface area contributed by atoms with E-state index in [-0.39, 0.29) is 6.61 Å². The van der Waals surface area contributed by atoms with E-state index in [2.05, 4.69) is 10.3 Å². The van der Waals surface area contributed by atoms with Crippen molar-refractivity contribution in [1.82, 2.24) is 15.0 Å². The second-order valence-corrected chi connectivity index (χ2v) is 4.67. The van der Waals surface area contributed by atoms with Crippen molar-refractivity contribution in [2.45, 2.75) is 26.2 Å². The zero-order chi connectivity index (χ0) is 15.8. The summed E-state index contributed by atoms with van der Waals surface area (Å²) in [7, 11) is 3.23. The molecule has 0 bridgehead atoms. The minimum Gasteiger partial charge on any atom is -0.497 e. The van der Waals surface area contributed by atoms with Crippen LogP contribution < -0.4 is 9.47 Å². The number of nitrogens with zero attached hydrogens (tertiary/aromatic N) is 3. The van der Waals surface area contributed by atoms with E-state index in [9.17, 15) is 5.11 Å². The van der Waals surface area contributed by atoms with Crippen molar-refractivity contribution in [3.63, 3.8) is 0 Å². The van der Waals surface area contributed by atoms with Crippen LogP contribution in [0.2, 0.25) is 0 Å². The number of aliphatic hydroxyl groups is 1. The van der Waals surface area contributed by atoms with Gasteiger partial charge in [0.25, 0.3) is 0 Å². The van der Waals surface area contributed by atoms with Gasteiger partial charge >= 0.3 is 0 Å². The fourth-order valence-electron chi connectivity index (χ4n) is 2.04. The molecule has 22 heavy (non-hydrogen) atoms. The Bertz CT molecular complexity index is 569. The lowest BCUT2D eigenvalue weighted by Gasteiger charge is -2.09. The molecule has 0 radical (unpaired) electrons. The van der Waals surface area contributed by atoms with Crippen LogP contribution in [-0.4, -0.2) is 40.9 Å². The van der Waals surface area contributed by atoms with Gasteiger partial charge in [-0.2, -0.15) is 0 Å². The molecule has 7 nitrogen and oxygen atoms in total. The number of benzene rings is 1. The van der Waals surface area contributed by atoms with E-state index in [1.54, 1.807) is 18.9 Å². The lowest BCUT2D eigenvalue weighted by atomic mass is 10.3. The average molecular weight is 307 g/mol. The van der Waals surface area contributed by atoms with Gasteiger partial charge < -0.3 is 19.3 Å². The predicted octanol–water partition coefficient (Wildman–Crippen LogP) is 1.39. The molecule has 1 heterocycles. The minimum atomic E-state index is -0.138. The van der Waals surface area contributed by atoms with Gasteiger partial charge in [-0.05, 0) is 24.3 Å². The zero-order valence-corrected chi connectivity index (χ0v) is 12.9. The minimum absolute atomic E-state index is 0.138. The normalized spacial score (nSPS) is 10.7. The maximum Gasteiger partial charge on any atom is 0.119 e. The Kier molecular flexibility index (Phi) is 6.17. The number of ether oxygens (including phenoxy) is 3. The first kappa shape index (κ1) is 16.3. The van der Waals surface area contributed by atoms with E-state index in [1.165, 1.54) is 0 Å². The van der Waals surface area contributed by atoms with E-state index < -0.39 is 0 Å². The summed E-state index contributed by atoms with van der Waals surface area (Å²) in [6.07, 6.45) is 0.775. The van der Waals surface area contributed by atoms with Crippen molar-refractivity contribution in [1.29, 1.82) is 0 Å². The third-order valence-corrected chi connectivity index (χ3v) is 3.19. The molecule has 1 N–H and O–H groups in total. The molecule has 2 rings (SSSR count). The number of methoxy groups -OCH3 is 2. The SMILES string of the molecule is COCc1c(CO)nnn1CCCOc1ccc(OC)cc1. The van der Waals surface area contributed by atoms with E-state index in [1.807, 2.05) is 24.3 Å². The first-order valence-corrected chi connectivity index (χ1v) is 7.06. The predicted molar refractivity (Wildman–Crippen MR) is 79.8 cm³/mol. The lowest BCUT2D eigenvalue weighted by molar-refractivity contribution is 0.172. The van der Waals surface area contributed by atoms with Gasteiger partial charge in [0.15, 0.2) is 0 Å². The van der Waals surface area contributed by atoms with Crippen LogP contribution in [0.15, 0.2) is 24.3 Å². The first-order valence-electron chi connectivity index (χ1n) is 7.06. The standard InChI is InChI=1S/C15H21N3O4/c1-20-11-15-14(10-19)16-17-18(15)8-3-9-22-13-6-4-12(21-2)5-7-13/h4-7,19H,3,8-11H2,1-2H3. The summed E-state index contributed by atoms with van der Waals surface area (Å²) in [5.74, 6) is 1.60. The van der Waals surface area contributed by atoms with Crippen LogP contribution in [0.5, 0.6) is 11.5 Å². The van der Waals surface area contributed by atoms with Gasteiger partial charge in [0, 0.05) is 20.1 Å². The Labute approximate surface area is 129 Å². The summed E-state index contributed by atoms with van der Waals surface area (Å²) in [6, 6.07) is 7.46. The molecule has 2 aromatic rings. The molecule has 1 aromatic heterocycles. The molecule has 0 spiro atoms. The average Bonchev–Trinajstić information content (AvgIpc) is 2.94. The molecule has 120 valence electrons. The topological polar surface area (TPSA) is 78.6 Å². The van der Waals surface area contributed by atoms with E-state index in [4.69, 9.17) is 14.2 Å². The molecule has 0 atom stereocenters. The van der Waals surface area contributed by atoms with Gasteiger partial charge in [-0.15, -0.1) is 5.10 Å². The fraction of sp³-hybridized carbons (Fsp3) is 0.467. The molecule has 0 aliphatic carbocycles. The van der Waals surface area contributed by atoms with Crippen molar-refractivity contribution < 1.29 is 19.3 Å². The van der Waals surface area contributed by atoms with Crippen LogP contribution in [0.4, 0.5) is 0 Å². The van der Waals surface area contributed by atoms with E-state index in [0.717, 1.165) is 23.6 Å². The number of aryl methyl sites for hydroxylation is 1. The van der Waals surface area contributed by atoms with Crippen LogP contribution >= 0.6 is 0 Å². The highest BCUT2D eigenvalue weighted by molar-refractivity contribution is 5.31. The van der Waals surface area contributed by atoms with E-state index in [0.29, 0.717) is 25.5 Å². The van der Waals surface area contributed by atoms with Gasteiger partial charge in [-0.3, -0.25) is 0 Å². The number of rotatable bonds is 9. The summed E-state index contributed by atoms with van der Waals surface area (Å²) in [5.41, 5.74) is 1.35. The molecule has 0 saturated heterocycles. The summed E-state index contributed by atoms with van der Waals surface area (Å²) in [6.45, 7) is 1.46. The molecule has 0 aliphatic rings. The fourth-order valence-corrected chi connectivity index (χ4v) is 2.04. The lowest BCUT2D eigenvalue weighted by Crippen LogP contribution is -2.10. The molecule has 1 aromatic carbocycles. The van der Waals surface area contributed by atoms with Crippen LogP contribution in [0.3, 0.4) is 0 Å². The van der Waals surface area contributed by atoms with Crippen molar-refractivity contribution >= 4 is 0 Å². The molecule has 0 saturated carbocycles. The van der Waals surface area contributed by atoms with Gasteiger partial charge in [-0.25, -0.2) is 4.68 Å². The number of aliphatic hydroxyl groups excluding tert-OH is 1. The maximum atomic E-state index is 9.22. The summed E-state index contributed by atoms with van der Waals surface area (Å²) in [4.78, 5) is 0. The largest absolute Gasteiger partial charge is 0.497 e. The molecule has 0 aliphatic heterocycles. The third kappa shape index (κ3) is 4.19. The molecule has 0 unspecified atom stereocenters. The molecular formula is C15H21N3O4. The van der Waals surface area contributed by atoms with Crippen LogP contribution in [0.1, 0.15) is 17.8 Å². The highest BCUT2D eigenvalue weighted by atomic mass is 16.5. The van der Waals surface area contributed by atoms with Gasteiger partial charge in [0.05, 0.1) is 32.6 Å². The summed E-state index contributed by atoms with van der Waals surface area (Å²) >= 11 is 0. The second-order valence-electron chi connectivity index (χ2n) is 4.67. The quantitative estimate of drug-likeness (QED) is 0.705. The second kappa shape index (κ2) is 8.35. The smallest absolute Gasteiger partial charge is 0.119 e. The van der Waals surface area contributed by atoms with Crippen molar-refractivity contribution in [2.75, 3.05) is 20.8 Å². The maximum absolute atomic E-state index is 9.22. The summed E-state index contributed by atoms with van der Waals surface area (Å²) in [5, 5.41) is 17.2. The van der Waals surface area contributed by atoms with E-state index >= 15 is 0 Å². The first-order chi connectivity index (χ1) is 10.8. The molecular weight excluding hydrogens is 286 g/mol. The van der Waals surface area contributed by atoms with Gasteiger partial charge in [0.2, 0.25) is 0 Å².